The summed E-state index contributed by atoms with van der Waals surface area (Å²) >= 11 is 6.56. The van der Waals surface area contributed by atoms with Crippen LogP contribution >= 0.6 is 11.6 Å². The number of fused-ring (bicyclic) bond motifs is 2. The van der Waals surface area contributed by atoms with Crippen molar-refractivity contribution in [2.24, 2.45) is 4.99 Å². The molecule has 2 atom stereocenters. The van der Waals surface area contributed by atoms with Crippen LogP contribution in [0.1, 0.15) is 18.1 Å². The highest BCUT2D eigenvalue weighted by atomic mass is 35.5. The lowest BCUT2D eigenvalue weighted by Crippen LogP contribution is -2.62. The van der Waals surface area contributed by atoms with Crippen LogP contribution in [0.5, 0.6) is 0 Å². The van der Waals surface area contributed by atoms with Crippen molar-refractivity contribution in [3.63, 3.8) is 0 Å². The van der Waals surface area contributed by atoms with Crippen molar-refractivity contribution in [1.29, 1.82) is 0 Å². The first kappa shape index (κ1) is 18.3. The van der Waals surface area contributed by atoms with Gasteiger partial charge in [-0.15, -0.1) is 0 Å². The van der Waals surface area contributed by atoms with Gasteiger partial charge in [0.25, 0.3) is 5.91 Å². The third-order valence-electron chi connectivity index (χ3n) is 5.80. The van der Waals surface area contributed by atoms with E-state index >= 15 is 4.39 Å². The Morgan fingerprint density at radius 2 is 1.85 bits per heavy atom. The maximum absolute atomic E-state index is 15.3. The maximum Gasteiger partial charge on any atom is 0.250 e. The van der Waals surface area contributed by atoms with Crippen molar-refractivity contribution >= 4 is 34.7 Å². The number of piperazine rings is 1. The highest BCUT2D eigenvalue weighted by Gasteiger charge is 2.46. The Bertz CT molecular complexity index is 914. The predicted octanol–water partition coefficient (Wildman–Crippen LogP) is 2.44. The zero-order valence-corrected chi connectivity index (χ0v) is 16.9. The molecule has 6 nitrogen and oxygen atoms in total. The predicted molar refractivity (Wildman–Crippen MR) is 106 cm³/mol. The summed E-state index contributed by atoms with van der Waals surface area (Å²) in [4.78, 5) is 25.4. The average molecular weight is 392 g/mol. The Kier molecular flexibility index (Phi) is 4.01. The SMILES string of the molecule is C=C1N=C2c3c(c(F)c(C)c(Cl)c3N(C)C(=O)C3CN(C)CC(C)N23)N1C. The second-order valence-corrected chi connectivity index (χ2v) is 8.00. The molecule has 3 aliphatic heterocycles. The average Bonchev–Trinajstić information content (AvgIpc) is 2.69. The highest BCUT2D eigenvalue weighted by Crippen LogP contribution is 2.47. The molecule has 4 rings (SSSR count). The quantitative estimate of drug-likeness (QED) is 0.681. The molecular weight excluding hydrogens is 369 g/mol. The van der Waals surface area contributed by atoms with E-state index in [9.17, 15) is 4.79 Å². The van der Waals surface area contributed by atoms with Crippen molar-refractivity contribution in [3.05, 3.63) is 34.4 Å². The Labute approximate surface area is 163 Å². The van der Waals surface area contributed by atoms with Crippen LogP contribution in [0.25, 0.3) is 0 Å². The third kappa shape index (κ3) is 2.34. The first-order chi connectivity index (χ1) is 12.6. The smallest absolute Gasteiger partial charge is 0.250 e. The summed E-state index contributed by atoms with van der Waals surface area (Å²) in [6.07, 6.45) is 0. The van der Waals surface area contributed by atoms with Crippen LogP contribution in [-0.4, -0.2) is 67.9 Å². The van der Waals surface area contributed by atoms with E-state index in [1.54, 1.807) is 30.8 Å². The van der Waals surface area contributed by atoms with E-state index in [1.165, 1.54) is 0 Å². The van der Waals surface area contributed by atoms with Crippen LogP contribution in [0.3, 0.4) is 0 Å². The van der Waals surface area contributed by atoms with Crippen molar-refractivity contribution < 1.29 is 9.18 Å². The number of likely N-dealkylation sites (N-methyl/N-ethyl adjacent to an activating group) is 2. The van der Waals surface area contributed by atoms with Gasteiger partial charge in [-0.3, -0.25) is 4.79 Å². The highest BCUT2D eigenvalue weighted by molar-refractivity contribution is 6.37. The molecule has 0 aliphatic carbocycles. The molecule has 27 heavy (non-hydrogen) atoms. The Hall–Kier alpha value is -2.12. The lowest BCUT2D eigenvalue weighted by Gasteiger charge is -2.45. The fourth-order valence-corrected chi connectivity index (χ4v) is 4.69. The summed E-state index contributed by atoms with van der Waals surface area (Å²) in [6.45, 7) is 9.02. The first-order valence-electron chi connectivity index (χ1n) is 8.92. The Balaban J connectivity index is 2.10. The van der Waals surface area contributed by atoms with Gasteiger partial charge in [0.2, 0.25) is 0 Å². The van der Waals surface area contributed by atoms with E-state index in [0.29, 0.717) is 40.7 Å². The summed E-state index contributed by atoms with van der Waals surface area (Å²) in [5, 5.41) is 0.247. The van der Waals surface area contributed by atoms with Crippen LogP contribution in [0.15, 0.2) is 17.4 Å². The number of rotatable bonds is 0. The van der Waals surface area contributed by atoms with Gasteiger partial charge in [-0.1, -0.05) is 18.2 Å². The van der Waals surface area contributed by atoms with E-state index in [-0.39, 0.29) is 17.0 Å². The molecule has 3 aliphatic rings. The van der Waals surface area contributed by atoms with Gasteiger partial charge < -0.3 is 19.6 Å². The molecule has 2 unspecified atom stereocenters. The monoisotopic (exact) mass is 391 g/mol. The van der Waals surface area contributed by atoms with Gasteiger partial charge >= 0.3 is 0 Å². The fraction of sp³-hybridized carbons (Fsp3) is 0.474. The summed E-state index contributed by atoms with van der Waals surface area (Å²) < 4.78 is 15.3. The number of amides is 1. The first-order valence-corrected chi connectivity index (χ1v) is 9.30. The number of hydrogen-bond donors (Lipinski definition) is 0. The molecule has 3 heterocycles. The summed E-state index contributed by atoms with van der Waals surface area (Å²) in [7, 11) is 5.42. The van der Waals surface area contributed by atoms with Gasteiger partial charge in [-0.05, 0) is 20.9 Å². The molecule has 8 heteroatoms. The van der Waals surface area contributed by atoms with Gasteiger partial charge in [-0.2, -0.15) is 0 Å². The van der Waals surface area contributed by atoms with Gasteiger partial charge in [0.1, 0.15) is 17.7 Å². The second-order valence-electron chi connectivity index (χ2n) is 7.63. The molecule has 0 N–H and O–H groups in total. The molecular formula is C19H23ClFN5O. The summed E-state index contributed by atoms with van der Waals surface area (Å²) in [5.74, 6) is 0.530. The van der Waals surface area contributed by atoms with Crippen LogP contribution in [0.2, 0.25) is 5.02 Å². The van der Waals surface area contributed by atoms with Crippen molar-refractivity contribution in [2.45, 2.75) is 25.9 Å². The fourth-order valence-electron chi connectivity index (χ4n) is 4.39. The molecule has 0 bridgehead atoms. The zero-order valence-electron chi connectivity index (χ0n) is 16.2. The number of carbonyl (C=O) groups is 1. The Morgan fingerprint density at radius 3 is 2.52 bits per heavy atom. The van der Waals surface area contributed by atoms with E-state index in [0.717, 1.165) is 6.54 Å². The minimum atomic E-state index is -0.418. The minimum absolute atomic E-state index is 0.0306. The van der Waals surface area contributed by atoms with E-state index in [4.69, 9.17) is 11.6 Å². The number of carbonyl (C=O) groups excluding carboxylic acids is 1. The van der Waals surface area contributed by atoms with Crippen LogP contribution < -0.4 is 9.80 Å². The number of nitrogens with zero attached hydrogens (tertiary/aromatic N) is 5. The summed E-state index contributed by atoms with van der Waals surface area (Å²) in [5.41, 5.74) is 1.76. The normalized spacial score (nSPS) is 25.3. The van der Waals surface area contributed by atoms with Crippen molar-refractivity contribution in [1.82, 2.24) is 9.80 Å². The van der Waals surface area contributed by atoms with Gasteiger partial charge in [0.15, 0.2) is 5.82 Å². The van der Waals surface area contributed by atoms with E-state index < -0.39 is 11.9 Å². The number of benzene rings is 1. The number of halogens is 2. The molecule has 1 aromatic carbocycles. The number of aliphatic imine (C=N–C) groups is 1. The number of hydrogen-bond acceptors (Lipinski definition) is 5. The molecule has 1 amide bonds. The van der Waals surface area contributed by atoms with E-state index in [2.05, 4.69) is 23.4 Å². The summed E-state index contributed by atoms with van der Waals surface area (Å²) in [6, 6.07) is -0.388. The molecule has 1 fully saturated rings. The topological polar surface area (TPSA) is 42.4 Å². The molecule has 0 saturated carbocycles. The van der Waals surface area contributed by atoms with E-state index in [1.807, 2.05) is 11.9 Å². The maximum atomic E-state index is 15.3. The van der Waals surface area contributed by atoms with Crippen LogP contribution in [-0.2, 0) is 4.79 Å². The molecule has 1 saturated heterocycles. The third-order valence-corrected chi connectivity index (χ3v) is 6.26. The Morgan fingerprint density at radius 1 is 1.19 bits per heavy atom. The van der Waals surface area contributed by atoms with Crippen molar-refractivity contribution in [3.8, 4) is 0 Å². The van der Waals surface area contributed by atoms with Crippen LogP contribution in [0, 0.1) is 12.7 Å². The second kappa shape index (κ2) is 5.94. The number of anilines is 2. The molecule has 0 spiro atoms. The molecule has 1 aromatic rings. The molecule has 0 radical (unpaired) electrons. The lowest BCUT2D eigenvalue weighted by atomic mass is 9.99. The van der Waals surface area contributed by atoms with Gasteiger partial charge in [0.05, 0.1) is 22.0 Å². The van der Waals surface area contributed by atoms with Gasteiger partial charge in [-0.25, -0.2) is 9.38 Å². The largest absolute Gasteiger partial charge is 0.339 e. The number of amidine groups is 1. The lowest BCUT2D eigenvalue weighted by molar-refractivity contribution is -0.124. The standard InChI is InChI=1S/C19H23ClFN5O/c1-9-7-23(4)8-12-19(27)25(6)16-13-17(15(21)10(2)14(16)20)24(5)11(3)22-18(13)26(9)12/h9,12H,3,7-8H2,1-2,4-6H3. The molecule has 144 valence electrons. The molecule has 0 aromatic heterocycles. The van der Waals surface area contributed by atoms with Crippen LogP contribution in [0.4, 0.5) is 15.8 Å². The minimum Gasteiger partial charge on any atom is -0.339 e. The zero-order chi connectivity index (χ0) is 19.8. The van der Waals surface area contributed by atoms with Gasteiger partial charge in [0, 0.05) is 38.8 Å². The van der Waals surface area contributed by atoms with Crippen molar-refractivity contribution in [2.75, 3.05) is 44.0 Å².